The van der Waals surface area contributed by atoms with Gasteiger partial charge in [0.1, 0.15) is 11.4 Å². The number of Topliss-reactive ketones (excluding diaryl/α,β-unsaturated/α-hetero) is 1. The summed E-state index contributed by atoms with van der Waals surface area (Å²) in [7, 11) is 0. The summed E-state index contributed by atoms with van der Waals surface area (Å²) < 4.78 is 5.15. The molecule has 1 heterocycles. The van der Waals surface area contributed by atoms with E-state index in [1.54, 1.807) is 6.92 Å². The first kappa shape index (κ1) is 12.8. The molecule has 0 aromatic heterocycles. The zero-order chi connectivity index (χ0) is 13.5. The molecular weight excluding hydrogens is 232 g/mol. The highest BCUT2D eigenvalue weighted by Gasteiger charge is 2.44. The maximum absolute atomic E-state index is 11.9. The molecule has 96 valence electrons. The van der Waals surface area contributed by atoms with Gasteiger partial charge in [-0.2, -0.15) is 0 Å². The highest BCUT2D eigenvalue weighted by Crippen LogP contribution is 2.41. The molecule has 4 nitrogen and oxygen atoms in total. The number of hydrogen-bond acceptors (Lipinski definition) is 4. The van der Waals surface area contributed by atoms with Crippen LogP contribution < -0.4 is 0 Å². The fourth-order valence-electron chi connectivity index (χ4n) is 2.34. The Morgan fingerprint density at radius 3 is 2.72 bits per heavy atom. The van der Waals surface area contributed by atoms with E-state index in [0.717, 1.165) is 0 Å². The second-order valence-electron chi connectivity index (χ2n) is 4.85. The smallest absolute Gasteiger partial charge is 0.340 e. The summed E-state index contributed by atoms with van der Waals surface area (Å²) in [5.74, 6) is -0.444. The van der Waals surface area contributed by atoms with Gasteiger partial charge in [-0.3, -0.25) is 4.79 Å². The Balaban J connectivity index is 2.54. The Labute approximate surface area is 106 Å². The number of hydrogen-bond donors (Lipinski definition) is 1. The third kappa shape index (κ3) is 1.82. The van der Waals surface area contributed by atoms with Gasteiger partial charge in [0.05, 0.1) is 0 Å². The molecule has 0 fully saturated rings. The van der Waals surface area contributed by atoms with Crippen molar-refractivity contribution in [1.82, 2.24) is 0 Å². The van der Waals surface area contributed by atoms with Crippen LogP contribution >= 0.6 is 0 Å². The van der Waals surface area contributed by atoms with Gasteiger partial charge < -0.3 is 9.84 Å². The van der Waals surface area contributed by atoms with Gasteiger partial charge in [-0.25, -0.2) is 4.79 Å². The van der Waals surface area contributed by atoms with Crippen molar-refractivity contribution in [3.8, 4) is 0 Å². The zero-order valence-corrected chi connectivity index (χ0v) is 10.7. The molecule has 1 aliphatic carbocycles. The topological polar surface area (TPSA) is 63.6 Å². The minimum atomic E-state index is -1.45. The number of esters is 1. The van der Waals surface area contributed by atoms with Crippen molar-refractivity contribution in [2.75, 3.05) is 0 Å². The van der Waals surface area contributed by atoms with Crippen LogP contribution in [0.2, 0.25) is 0 Å². The van der Waals surface area contributed by atoms with Gasteiger partial charge >= 0.3 is 5.97 Å². The average molecular weight is 248 g/mol. The summed E-state index contributed by atoms with van der Waals surface area (Å²) in [4.78, 5) is 23.6. The van der Waals surface area contributed by atoms with Crippen molar-refractivity contribution in [2.45, 2.75) is 39.2 Å². The number of carbonyl (C=O) groups is 2. The van der Waals surface area contributed by atoms with Gasteiger partial charge in [0.25, 0.3) is 0 Å². The van der Waals surface area contributed by atoms with Gasteiger partial charge in [0.15, 0.2) is 5.78 Å². The molecule has 0 bridgehead atoms. The zero-order valence-electron chi connectivity index (χ0n) is 10.7. The van der Waals surface area contributed by atoms with Crippen molar-refractivity contribution >= 4 is 11.8 Å². The lowest BCUT2D eigenvalue weighted by atomic mass is 9.80. The molecule has 0 radical (unpaired) electrons. The number of ketones is 1. The highest BCUT2D eigenvalue weighted by molar-refractivity contribution is 6.07. The minimum absolute atomic E-state index is 0.136. The van der Waals surface area contributed by atoms with E-state index < -0.39 is 11.6 Å². The number of aliphatic hydroxyl groups is 1. The Bertz CT molecular complexity index is 518. The van der Waals surface area contributed by atoms with Crippen LogP contribution in [0.25, 0.3) is 0 Å². The van der Waals surface area contributed by atoms with Crippen LogP contribution in [0.5, 0.6) is 0 Å². The number of rotatable bonds is 2. The van der Waals surface area contributed by atoms with Crippen molar-refractivity contribution in [3.05, 3.63) is 34.6 Å². The first-order valence-electron chi connectivity index (χ1n) is 5.92. The molecular formula is C14H16O4. The lowest BCUT2D eigenvalue weighted by Crippen LogP contribution is -2.39. The van der Waals surface area contributed by atoms with Gasteiger partial charge in [-0.1, -0.05) is 12.2 Å². The summed E-state index contributed by atoms with van der Waals surface area (Å²) in [5, 5.41) is 10.1. The first-order valence-corrected chi connectivity index (χ1v) is 5.92. The fourth-order valence-corrected chi connectivity index (χ4v) is 2.34. The fraction of sp³-hybridized carbons (Fsp3) is 0.429. The molecule has 0 spiro atoms. The van der Waals surface area contributed by atoms with E-state index in [-0.39, 0.29) is 12.2 Å². The molecule has 1 atom stereocenters. The minimum Gasteiger partial charge on any atom is -0.422 e. The number of ether oxygens (including phenoxy) is 1. The van der Waals surface area contributed by atoms with Crippen LogP contribution in [0.1, 0.15) is 33.6 Å². The van der Waals surface area contributed by atoms with Crippen LogP contribution in [0.3, 0.4) is 0 Å². The molecule has 0 aromatic rings. The van der Waals surface area contributed by atoms with Gasteiger partial charge in [-0.05, 0) is 27.2 Å². The molecule has 2 aliphatic rings. The largest absolute Gasteiger partial charge is 0.422 e. The SMILES string of the molecule is CC=CCC1=C2C[C@](C)(O)C(=O)C(C)=C2OC1=O. The molecule has 0 saturated heterocycles. The van der Waals surface area contributed by atoms with Crippen molar-refractivity contribution in [2.24, 2.45) is 0 Å². The highest BCUT2D eigenvalue weighted by atomic mass is 16.5. The Kier molecular flexibility index (Phi) is 2.99. The summed E-state index contributed by atoms with van der Waals surface area (Å²) >= 11 is 0. The van der Waals surface area contributed by atoms with E-state index >= 15 is 0 Å². The van der Waals surface area contributed by atoms with Crippen LogP contribution in [0, 0.1) is 0 Å². The predicted octanol–water partition coefficient (Wildman–Crippen LogP) is 1.80. The number of allylic oxidation sites excluding steroid dienone is 3. The van der Waals surface area contributed by atoms with E-state index in [4.69, 9.17) is 4.74 Å². The van der Waals surface area contributed by atoms with Crippen molar-refractivity contribution < 1.29 is 19.4 Å². The van der Waals surface area contributed by atoms with Gasteiger partial charge in [0.2, 0.25) is 0 Å². The number of carbonyl (C=O) groups excluding carboxylic acids is 2. The first-order chi connectivity index (χ1) is 8.38. The van der Waals surface area contributed by atoms with E-state index in [2.05, 4.69) is 0 Å². The van der Waals surface area contributed by atoms with E-state index in [0.29, 0.717) is 28.9 Å². The molecule has 0 aromatic carbocycles. The molecule has 0 unspecified atom stereocenters. The molecule has 0 saturated carbocycles. The summed E-state index contributed by atoms with van der Waals surface area (Å²) in [6.45, 7) is 4.92. The predicted molar refractivity (Wildman–Crippen MR) is 65.5 cm³/mol. The van der Waals surface area contributed by atoms with Crippen LogP contribution in [-0.4, -0.2) is 22.5 Å². The quantitative estimate of drug-likeness (QED) is 0.598. The monoisotopic (exact) mass is 248 g/mol. The standard InChI is InChI=1S/C14H16O4/c1-4-5-6-9-10-7-14(3,17)12(15)8(2)11(10)18-13(9)16/h4-5,17H,6-7H2,1-3H3/t14-/m0/s1. The summed E-state index contributed by atoms with van der Waals surface area (Å²) in [6, 6.07) is 0. The second-order valence-corrected chi connectivity index (χ2v) is 4.85. The third-order valence-electron chi connectivity index (χ3n) is 3.33. The lowest BCUT2D eigenvalue weighted by molar-refractivity contribution is -0.134. The van der Waals surface area contributed by atoms with Gasteiger partial charge in [-0.15, -0.1) is 0 Å². The Morgan fingerprint density at radius 2 is 2.11 bits per heavy atom. The number of fused-ring (bicyclic) bond motifs is 1. The van der Waals surface area contributed by atoms with Crippen LogP contribution in [0.4, 0.5) is 0 Å². The molecule has 1 aliphatic heterocycles. The third-order valence-corrected chi connectivity index (χ3v) is 3.33. The molecule has 0 amide bonds. The van der Waals surface area contributed by atoms with Crippen molar-refractivity contribution in [1.29, 1.82) is 0 Å². The Hall–Kier alpha value is -1.68. The lowest BCUT2D eigenvalue weighted by Gasteiger charge is -2.28. The molecule has 1 N–H and O–H groups in total. The maximum atomic E-state index is 11.9. The van der Waals surface area contributed by atoms with Crippen LogP contribution in [0.15, 0.2) is 34.6 Å². The average Bonchev–Trinajstić information content (AvgIpc) is 2.60. The van der Waals surface area contributed by atoms with Gasteiger partial charge in [0, 0.05) is 23.1 Å². The molecule has 18 heavy (non-hydrogen) atoms. The Morgan fingerprint density at radius 1 is 1.44 bits per heavy atom. The summed E-state index contributed by atoms with van der Waals surface area (Å²) in [6.07, 6.45) is 4.30. The van der Waals surface area contributed by atoms with E-state index in [1.807, 2.05) is 19.1 Å². The van der Waals surface area contributed by atoms with E-state index in [1.165, 1.54) is 6.92 Å². The van der Waals surface area contributed by atoms with E-state index in [9.17, 15) is 14.7 Å². The second kappa shape index (κ2) is 4.21. The summed E-state index contributed by atoms with van der Waals surface area (Å²) in [5.41, 5.74) is 0.0819. The van der Waals surface area contributed by atoms with Crippen LogP contribution in [-0.2, 0) is 14.3 Å². The normalized spacial score (nSPS) is 28.2. The van der Waals surface area contributed by atoms with Crippen molar-refractivity contribution in [3.63, 3.8) is 0 Å². The molecule has 2 rings (SSSR count). The molecule has 4 heteroatoms. The maximum Gasteiger partial charge on any atom is 0.340 e.